The fourth-order valence-electron chi connectivity index (χ4n) is 1.74. The van der Waals surface area contributed by atoms with Crippen molar-refractivity contribution < 1.29 is 9.18 Å². The highest BCUT2D eigenvalue weighted by molar-refractivity contribution is 6.34. The summed E-state index contributed by atoms with van der Waals surface area (Å²) in [5.41, 5.74) is 2.09. The summed E-state index contributed by atoms with van der Waals surface area (Å²) in [4.78, 5) is 11.8. The maximum absolute atomic E-state index is 13.0. The second-order valence-electron chi connectivity index (χ2n) is 4.31. The molecule has 2 aromatic rings. The van der Waals surface area contributed by atoms with Gasteiger partial charge in [-0.3, -0.25) is 4.79 Å². The molecular weight excluding hydrogens is 277 g/mol. The Morgan fingerprint density at radius 2 is 2.00 bits per heavy atom. The molecule has 0 aliphatic heterocycles. The lowest BCUT2D eigenvalue weighted by Gasteiger charge is -2.08. The summed E-state index contributed by atoms with van der Waals surface area (Å²) in [6.45, 7) is 1.86. The highest BCUT2D eigenvalue weighted by atomic mass is 35.5. The Balaban J connectivity index is 2.10. The third-order valence-corrected chi connectivity index (χ3v) is 3.06. The summed E-state index contributed by atoms with van der Waals surface area (Å²) < 4.78 is 13.0. The number of carbonyl (C=O) groups excluding carboxylic acids is 1. The highest BCUT2D eigenvalue weighted by Crippen LogP contribution is 2.25. The monoisotopic (exact) mass is 289 g/mol. The number of rotatable bonds is 3. The zero-order chi connectivity index (χ0) is 14.5. The maximum Gasteiger partial charge on any atom is 0.248 e. The minimum absolute atomic E-state index is 0.314. The van der Waals surface area contributed by atoms with Crippen LogP contribution in [-0.2, 0) is 4.79 Å². The van der Waals surface area contributed by atoms with Crippen molar-refractivity contribution in [2.45, 2.75) is 6.92 Å². The molecule has 0 saturated carbocycles. The number of para-hydroxylation sites is 1. The lowest BCUT2D eigenvalue weighted by Crippen LogP contribution is -2.09. The zero-order valence-corrected chi connectivity index (χ0v) is 11.6. The van der Waals surface area contributed by atoms with E-state index in [1.165, 1.54) is 18.2 Å². The fraction of sp³-hybridized carbons (Fsp3) is 0.0625. The number of nitrogens with one attached hydrogen (secondary N) is 1. The van der Waals surface area contributed by atoms with Gasteiger partial charge < -0.3 is 5.32 Å². The Hall–Kier alpha value is -2.13. The molecule has 2 nitrogen and oxygen atoms in total. The molecule has 0 unspecified atom stereocenters. The first-order valence-corrected chi connectivity index (χ1v) is 6.44. The van der Waals surface area contributed by atoms with Crippen LogP contribution in [0.1, 0.15) is 11.1 Å². The van der Waals surface area contributed by atoms with Gasteiger partial charge in [-0.1, -0.05) is 35.9 Å². The van der Waals surface area contributed by atoms with E-state index in [0.29, 0.717) is 16.3 Å². The van der Waals surface area contributed by atoms with E-state index >= 15 is 0 Å². The molecule has 0 fully saturated rings. The van der Waals surface area contributed by atoms with Crippen LogP contribution in [0.5, 0.6) is 0 Å². The van der Waals surface area contributed by atoms with Gasteiger partial charge in [-0.15, -0.1) is 0 Å². The van der Waals surface area contributed by atoms with Gasteiger partial charge in [0, 0.05) is 6.08 Å². The van der Waals surface area contributed by atoms with E-state index < -0.39 is 0 Å². The Kier molecular flexibility index (Phi) is 4.53. The normalized spacial score (nSPS) is 10.8. The van der Waals surface area contributed by atoms with Gasteiger partial charge in [0.15, 0.2) is 0 Å². The van der Waals surface area contributed by atoms with Crippen molar-refractivity contribution in [1.82, 2.24) is 0 Å². The maximum atomic E-state index is 13.0. The molecule has 4 heteroatoms. The van der Waals surface area contributed by atoms with Crippen LogP contribution in [0.15, 0.2) is 48.5 Å². The van der Waals surface area contributed by atoms with Crippen LogP contribution in [0.2, 0.25) is 5.02 Å². The van der Waals surface area contributed by atoms with Crippen molar-refractivity contribution in [2.24, 2.45) is 0 Å². The third kappa shape index (κ3) is 3.68. The van der Waals surface area contributed by atoms with Crippen LogP contribution in [-0.4, -0.2) is 5.91 Å². The molecule has 102 valence electrons. The quantitative estimate of drug-likeness (QED) is 0.832. The highest BCUT2D eigenvalue weighted by Gasteiger charge is 2.05. The molecule has 0 spiro atoms. The topological polar surface area (TPSA) is 29.1 Å². The van der Waals surface area contributed by atoms with Gasteiger partial charge >= 0.3 is 0 Å². The van der Waals surface area contributed by atoms with Gasteiger partial charge in [-0.05, 0) is 42.3 Å². The van der Waals surface area contributed by atoms with E-state index in [0.717, 1.165) is 5.56 Å². The van der Waals surface area contributed by atoms with E-state index in [9.17, 15) is 9.18 Å². The molecule has 0 heterocycles. The van der Waals surface area contributed by atoms with Crippen LogP contribution < -0.4 is 5.32 Å². The molecule has 20 heavy (non-hydrogen) atoms. The van der Waals surface area contributed by atoms with Crippen LogP contribution in [0.25, 0.3) is 6.08 Å². The van der Waals surface area contributed by atoms with Crippen molar-refractivity contribution in [3.63, 3.8) is 0 Å². The predicted octanol–water partition coefficient (Wildman–Crippen LogP) is 4.44. The summed E-state index contributed by atoms with van der Waals surface area (Å²) in [6.07, 6.45) is 2.89. The molecular formula is C16H13ClFNO. The molecule has 1 amide bonds. The molecule has 0 bridgehead atoms. The second-order valence-corrected chi connectivity index (χ2v) is 4.72. The zero-order valence-electron chi connectivity index (χ0n) is 10.9. The smallest absolute Gasteiger partial charge is 0.248 e. The van der Waals surface area contributed by atoms with Gasteiger partial charge in [0.2, 0.25) is 5.91 Å². The van der Waals surface area contributed by atoms with Crippen LogP contribution in [0.4, 0.5) is 10.1 Å². The first kappa shape index (κ1) is 14.3. The van der Waals surface area contributed by atoms with Gasteiger partial charge in [-0.2, -0.15) is 0 Å². The van der Waals surface area contributed by atoms with E-state index in [-0.39, 0.29) is 11.7 Å². The molecule has 1 N–H and O–H groups in total. The molecule has 0 aromatic heterocycles. The minimum atomic E-state index is -0.338. The van der Waals surface area contributed by atoms with E-state index in [2.05, 4.69) is 5.32 Å². The lowest BCUT2D eigenvalue weighted by molar-refractivity contribution is -0.111. The van der Waals surface area contributed by atoms with Crippen molar-refractivity contribution in [2.75, 3.05) is 5.32 Å². The number of hydrogen-bond donors (Lipinski definition) is 1. The van der Waals surface area contributed by atoms with Crippen molar-refractivity contribution in [1.29, 1.82) is 0 Å². The van der Waals surface area contributed by atoms with Crippen LogP contribution >= 0.6 is 11.6 Å². The number of halogens is 2. The number of carbonyl (C=O) groups is 1. The third-order valence-electron chi connectivity index (χ3n) is 2.75. The fourth-order valence-corrected chi connectivity index (χ4v) is 2.01. The SMILES string of the molecule is Cc1cccc(Cl)c1NC(=O)/C=C/c1cccc(F)c1. The van der Waals surface area contributed by atoms with E-state index in [1.807, 2.05) is 19.1 Å². The Morgan fingerprint density at radius 1 is 1.25 bits per heavy atom. The van der Waals surface area contributed by atoms with Crippen LogP contribution in [0, 0.1) is 12.7 Å². The summed E-state index contributed by atoms with van der Waals surface area (Å²) in [5.74, 6) is -0.653. The summed E-state index contributed by atoms with van der Waals surface area (Å²) in [7, 11) is 0. The van der Waals surface area contributed by atoms with Gasteiger partial charge in [0.1, 0.15) is 5.82 Å². The van der Waals surface area contributed by atoms with E-state index in [1.54, 1.807) is 24.3 Å². The molecule has 0 atom stereocenters. The summed E-state index contributed by atoms with van der Waals surface area (Å²) >= 11 is 6.02. The molecule has 0 aliphatic carbocycles. The number of anilines is 1. The molecule has 2 aromatic carbocycles. The first-order valence-electron chi connectivity index (χ1n) is 6.06. The second kappa shape index (κ2) is 6.35. The first-order chi connectivity index (χ1) is 9.56. The van der Waals surface area contributed by atoms with Gasteiger partial charge in [0.25, 0.3) is 0 Å². The van der Waals surface area contributed by atoms with Crippen molar-refractivity contribution in [3.8, 4) is 0 Å². The lowest BCUT2D eigenvalue weighted by atomic mass is 10.2. The number of aryl methyl sites for hydroxylation is 1. The molecule has 0 saturated heterocycles. The van der Waals surface area contributed by atoms with E-state index in [4.69, 9.17) is 11.6 Å². The summed E-state index contributed by atoms with van der Waals surface area (Å²) in [5, 5.41) is 3.20. The largest absolute Gasteiger partial charge is 0.321 e. The predicted molar refractivity (Wildman–Crippen MR) is 80.3 cm³/mol. The Morgan fingerprint density at radius 3 is 2.70 bits per heavy atom. The standard InChI is InChI=1S/C16H13ClFNO/c1-11-4-2-7-14(17)16(11)19-15(20)9-8-12-5-3-6-13(18)10-12/h2-10H,1H3,(H,19,20)/b9-8+. The molecule has 0 aliphatic rings. The average molecular weight is 290 g/mol. The van der Waals surface area contributed by atoms with Crippen molar-refractivity contribution >= 4 is 29.3 Å². The van der Waals surface area contributed by atoms with Crippen LogP contribution in [0.3, 0.4) is 0 Å². The average Bonchev–Trinajstić information content (AvgIpc) is 2.41. The Labute approximate surface area is 121 Å². The number of hydrogen-bond acceptors (Lipinski definition) is 1. The Bertz CT molecular complexity index is 647. The minimum Gasteiger partial charge on any atom is -0.321 e. The number of benzene rings is 2. The molecule has 0 radical (unpaired) electrons. The van der Waals surface area contributed by atoms with Gasteiger partial charge in [-0.25, -0.2) is 4.39 Å². The number of amides is 1. The summed E-state index contributed by atoms with van der Waals surface area (Å²) in [6, 6.07) is 11.4. The van der Waals surface area contributed by atoms with Crippen molar-refractivity contribution in [3.05, 3.63) is 70.5 Å². The molecule has 2 rings (SSSR count). The van der Waals surface area contributed by atoms with Gasteiger partial charge in [0.05, 0.1) is 10.7 Å².